The second-order valence-corrected chi connectivity index (χ2v) is 8.40. The smallest absolute Gasteiger partial charge is 0.264 e. The molecule has 0 aliphatic rings. The van der Waals surface area contributed by atoms with Crippen molar-refractivity contribution < 1.29 is 25.2 Å². The molecule has 0 aromatic heterocycles. The molecule has 0 saturated heterocycles. The molecule has 0 radical (unpaired) electrons. The van der Waals surface area contributed by atoms with Gasteiger partial charge in [-0.1, -0.05) is 0 Å². The van der Waals surface area contributed by atoms with Crippen LogP contribution in [0.2, 0.25) is 0 Å². The maximum Gasteiger partial charge on any atom is 0.264 e. The summed E-state index contributed by atoms with van der Waals surface area (Å²) in [6.07, 6.45) is 0.000283. The van der Waals surface area contributed by atoms with Crippen LogP contribution in [-0.4, -0.2) is 92.6 Å². The normalized spacial score (nSPS) is 16.6. The Hall–Kier alpha value is -0.260. The Kier molecular flexibility index (Phi) is 7.56. The zero-order chi connectivity index (χ0) is 16.1. The van der Waals surface area contributed by atoms with Crippen LogP contribution < -0.4 is 0 Å². The van der Waals surface area contributed by atoms with Gasteiger partial charge in [-0.25, -0.2) is 0 Å². The van der Waals surface area contributed by atoms with Crippen molar-refractivity contribution >= 4 is 20.2 Å². The molecule has 0 rings (SSSR count). The molecule has 20 heavy (non-hydrogen) atoms. The van der Waals surface area contributed by atoms with Crippen molar-refractivity contribution in [3.05, 3.63) is 0 Å². The fourth-order valence-electron chi connectivity index (χ4n) is 1.59. The Morgan fingerprint density at radius 2 is 1.00 bits per heavy atom. The van der Waals surface area contributed by atoms with Gasteiger partial charge in [0.1, 0.15) is 12.2 Å². The lowest BCUT2D eigenvalue weighted by molar-refractivity contribution is 0.0320. The molecule has 2 atom stereocenters. The zero-order valence-corrected chi connectivity index (χ0v) is 14.4. The standard InChI is InChI=1S/C10H24N2O6S2/c1-11(2)7-9(17-19(5,13)14)10(8-12(3)4)18-20(6,15)16/h9-10H,7-8H2,1-6H3. The molecule has 0 N–H and O–H groups in total. The quantitative estimate of drug-likeness (QED) is 0.486. The van der Waals surface area contributed by atoms with E-state index in [4.69, 9.17) is 8.37 Å². The molecule has 122 valence electrons. The molecule has 0 heterocycles. The first-order valence-corrected chi connectivity index (χ1v) is 9.49. The highest BCUT2D eigenvalue weighted by Crippen LogP contribution is 2.12. The summed E-state index contributed by atoms with van der Waals surface area (Å²) in [6.45, 7) is 0.419. The molecule has 0 aliphatic carbocycles. The van der Waals surface area contributed by atoms with Crippen LogP contribution in [0, 0.1) is 0 Å². The summed E-state index contributed by atoms with van der Waals surface area (Å²) in [5.41, 5.74) is 0. The number of hydrogen-bond donors (Lipinski definition) is 0. The third-order valence-electron chi connectivity index (χ3n) is 2.10. The number of likely N-dealkylation sites (N-methyl/N-ethyl adjacent to an activating group) is 2. The molecular formula is C10H24N2O6S2. The van der Waals surface area contributed by atoms with Crippen LogP contribution in [0.1, 0.15) is 0 Å². The first-order chi connectivity index (χ1) is 8.80. The van der Waals surface area contributed by atoms with E-state index in [1.54, 1.807) is 38.0 Å². The van der Waals surface area contributed by atoms with Gasteiger partial charge >= 0.3 is 0 Å². The third-order valence-corrected chi connectivity index (χ3v) is 3.30. The molecule has 0 aromatic carbocycles. The van der Waals surface area contributed by atoms with Crippen LogP contribution in [-0.2, 0) is 28.6 Å². The van der Waals surface area contributed by atoms with E-state index < -0.39 is 32.4 Å². The predicted octanol–water partition coefficient (Wildman–Crippen LogP) is -1.20. The molecule has 0 fully saturated rings. The lowest BCUT2D eigenvalue weighted by Gasteiger charge is -2.29. The fourth-order valence-corrected chi connectivity index (χ4v) is 2.86. The summed E-state index contributed by atoms with van der Waals surface area (Å²) in [4.78, 5) is 3.40. The molecule has 0 aromatic rings. The number of hydrogen-bond acceptors (Lipinski definition) is 8. The number of rotatable bonds is 9. The predicted molar refractivity (Wildman–Crippen MR) is 76.5 cm³/mol. The van der Waals surface area contributed by atoms with Gasteiger partial charge < -0.3 is 9.80 Å². The van der Waals surface area contributed by atoms with Crippen LogP contribution >= 0.6 is 0 Å². The Bertz CT molecular complexity index is 440. The van der Waals surface area contributed by atoms with Crippen molar-refractivity contribution in [3.63, 3.8) is 0 Å². The Morgan fingerprint density at radius 1 is 0.750 bits per heavy atom. The summed E-state index contributed by atoms with van der Waals surface area (Å²) in [7, 11) is -0.539. The molecule has 0 saturated carbocycles. The van der Waals surface area contributed by atoms with E-state index in [0.29, 0.717) is 0 Å². The van der Waals surface area contributed by atoms with E-state index in [1.807, 2.05) is 0 Å². The average molecular weight is 332 g/mol. The highest BCUT2D eigenvalue weighted by molar-refractivity contribution is 7.86. The first kappa shape index (κ1) is 19.7. The third kappa shape index (κ3) is 10.5. The van der Waals surface area contributed by atoms with E-state index in [-0.39, 0.29) is 13.1 Å². The minimum Gasteiger partial charge on any atom is -0.307 e. The minimum absolute atomic E-state index is 0.209. The van der Waals surface area contributed by atoms with Crippen molar-refractivity contribution in [1.29, 1.82) is 0 Å². The second kappa shape index (κ2) is 7.66. The van der Waals surface area contributed by atoms with Gasteiger partial charge in [0.2, 0.25) is 0 Å². The molecule has 2 unspecified atom stereocenters. The average Bonchev–Trinajstić information content (AvgIpc) is 2.09. The first-order valence-electron chi connectivity index (χ1n) is 5.86. The van der Waals surface area contributed by atoms with Gasteiger partial charge in [-0.2, -0.15) is 16.8 Å². The van der Waals surface area contributed by atoms with Gasteiger partial charge in [0.15, 0.2) is 0 Å². The van der Waals surface area contributed by atoms with Crippen LogP contribution in [0.3, 0.4) is 0 Å². The fraction of sp³-hybridized carbons (Fsp3) is 1.00. The van der Waals surface area contributed by atoms with Gasteiger partial charge in [-0.15, -0.1) is 0 Å². The summed E-state index contributed by atoms with van der Waals surface area (Å²) < 4.78 is 55.2. The topological polar surface area (TPSA) is 93.2 Å². The van der Waals surface area contributed by atoms with Crippen LogP contribution in [0.5, 0.6) is 0 Å². The van der Waals surface area contributed by atoms with Crippen LogP contribution in [0.4, 0.5) is 0 Å². The molecule has 0 bridgehead atoms. The second-order valence-electron chi connectivity index (χ2n) is 5.20. The maximum atomic E-state index is 11.3. The van der Waals surface area contributed by atoms with Crippen LogP contribution in [0.25, 0.3) is 0 Å². The highest BCUT2D eigenvalue weighted by atomic mass is 32.2. The van der Waals surface area contributed by atoms with Gasteiger partial charge in [0.25, 0.3) is 20.2 Å². The maximum absolute atomic E-state index is 11.3. The van der Waals surface area contributed by atoms with Gasteiger partial charge in [0, 0.05) is 13.1 Å². The summed E-state index contributed by atoms with van der Waals surface area (Å²) in [5.74, 6) is 0. The molecular weight excluding hydrogens is 308 g/mol. The van der Waals surface area contributed by atoms with Crippen molar-refractivity contribution in [2.24, 2.45) is 0 Å². The van der Waals surface area contributed by atoms with E-state index >= 15 is 0 Å². The van der Waals surface area contributed by atoms with E-state index in [2.05, 4.69) is 0 Å². The van der Waals surface area contributed by atoms with Crippen molar-refractivity contribution in [2.75, 3.05) is 53.8 Å². The van der Waals surface area contributed by atoms with Crippen molar-refractivity contribution in [2.45, 2.75) is 12.2 Å². The number of nitrogens with zero attached hydrogens (tertiary/aromatic N) is 2. The largest absolute Gasteiger partial charge is 0.307 e. The summed E-state index contributed by atoms with van der Waals surface area (Å²) >= 11 is 0. The molecule has 10 heteroatoms. The van der Waals surface area contributed by atoms with E-state index in [1.165, 1.54) is 0 Å². The van der Waals surface area contributed by atoms with E-state index in [9.17, 15) is 16.8 Å². The SMILES string of the molecule is CN(C)CC(OS(C)(=O)=O)C(CN(C)C)OS(C)(=O)=O. The molecule has 0 aliphatic heterocycles. The lowest BCUT2D eigenvalue weighted by atomic mass is 10.2. The monoisotopic (exact) mass is 332 g/mol. The Morgan fingerprint density at radius 3 is 1.15 bits per heavy atom. The Balaban J connectivity index is 5.25. The molecule has 0 spiro atoms. The van der Waals surface area contributed by atoms with Gasteiger partial charge in [-0.3, -0.25) is 8.37 Å². The van der Waals surface area contributed by atoms with E-state index in [0.717, 1.165) is 12.5 Å². The minimum atomic E-state index is -3.73. The van der Waals surface area contributed by atoms with Gasteiger partial charge in [-0.05, 0) is 28.2 Å². The molecule has 8 nitrogen and oxygen atoms in total. The lowest BCUT2D eigenvalue weighted by Crippen LogP contribution is -2.46. The Labute approximate surface area is 121 Å². The highest BCUT2D eigenvalue weighted by Gasteiger charge is 2.30. The van der Waals surface area contributed by atoms with Crippen LogP contribution in [0.15, 0.2) is 0 Å². The van der Waals surface area contributed by atoms with Crippen molar-refractivity contribution in [1.82, 2.24) is 9.80 Å². The van der Waals surface area contributed by atoms with Crippen molar-refractivity contribution in [3.8, 4) is 0 Å². The summed E-state index contributed by atoms with van der Waals surface area (Å²) in [5, 5.41) is 0. The summed E-state index contributed by atoms with van der Waals surface area (Å²) in [6, 6.07) is 0. The zero-order valence-electron chi connectivity index (χ0n) is 12.7. The molecule has 0 amide bonds. The van der Waals surface area contributed by atoms with Gasteiger partial charge in [0.05, 0.1) is 12.5 Å².